The van der Waals surface area contributed by atoms with Crippen LogP contribution in [0.25, 0.3) is 0 Å². The Morgan fingerprint density at radius 2 is 1.92 bits per heavy atom. The lowest BCUT2D eigenvalue weighted by Crippen LogP contribution is -2.40. The fourth-order valence-electron chi connectivity index (χ4n) is 4.76. The molecule has 5 rings (SSSR count). The van der Waals surface area contributed by atoms with Crippen molar-refractivity contribution < 1.29 is 19.1 Å². The first-order valence-corrected chi connectivity index (χ1v) is 12.2. The van der Waals surface area contributed by atoms with E-state index in [-0.39, 0.29) is 29.7 Å². The number of aromatic nitrogens is 2. The third-order valence-corrected chi connectivity index (χ3v) is 6.48. The van der Waals surface area contributed by atoms with Crippen LogP contribution in [0.4, 0.5) is 23.0 Å². The van der Waals surface area contributed by atoms with Gasteiger partial charge in [-0.05, 0) is 55.8 Å². The normalized spacial score (nSPS) is 20.0. The number of fused-ring (bicyclic) bond motifs is 2. The molecule has 11 nitrogen and oxygen atoms in total. The van der Waals surface area contributed by atoms with E-state index in [1.54, 1.807) is 31.2 Å². The van der Waals surface area contributed by atoms with Gasteiger partial charge in [0.15, 0.2) is 5.75 Å². The molecule has 1 aromatic heterocycles. The quantitative estimate of drug-likeness (QED) is 0.344. The van der Waals surface area contributed by atoms with E-state index in [0.29, 0.717) is 23.1 Å². The molecule has 3 heterocycles. The van der Waals surface area contributed by atoms with Gasteiger partial charge < -0.3 is 25.5 Å². The van der Waals surface area contributed by atoms with Crippen molar-refractivity contribution in [2.45, 2.75) is 25.4 Å². The van der Waals surface area contributed by atoms with E-state index in [1.165, 1.54) is 19.4 Å². The topological polar surface area (TPSA) is 121 Å². The number of hydrogen-bond acceptors (Lipinski definition) is 10. The van der Waals surface area contributed by atoms with Crippen LogP contribution in [0.15, 0.2) is 67.4 Å². The molecular weight excluding hydrogens is 486 g/mol. The highest BCUT2D eigenvalue weighted by Gasteiger charge is 2.47. The zero-order chi connectivity index (χ0) is 26.6. The smallest absolute Gasteiger partial charge is 0.267 e. The number of hydrazine groups is 1. The first-order chi connectivity index (χ1) is 18.4. The second kappa shape index (κ2) is 10.9. The van der Waals surface area contributed by atoms with Gasteiger partial charge in [0.25, 0.3) is 5.88 Å². The van der Waals surface area contributed by atoms with E-state index < -0.39 is 0 Å². The van der Waals surface area contributed by atoms with Crippen molar-refractivity contribution in [2.75, 3.05) is 36.4 Å². The van der Waals surface area contributed by atoms with Gasteiger partial charge in [-0.1, -0.05) is 12.6 Å². The molecule has 3 atom stereocenters. The van der Waals surface area contributed by atoms with Gasteiger partial charge in [0.05, 0.1) is 32.1 Å². The lowest BCUT2D eigenvalue weighted by molar-refractivity contribution is -0.120. The number of benzene rings is 2. The van der Waals surface area contributed by atoms with Crippen molar-refractivity contribution in [2.24, 2.45) is 0 Å². The number of ketones is 1. The molecule has 0 aliphatic carbocycles. The first kappa shape index (κ1) is 25.2. The van der Waals surface area contributed by atoms with Crippen molar-refractivity contribution in [1.29, 1.82) is 0 Å². The SMILES string of the molecule is C=CC(=O)Nc1cccc(Oc2nc(Nc3ccc(NN4CN5CC[C@@H]4[C@@H]5C(C)=O)cc3)ncc2OC)c1. The molecule has 2 saturated heterocycles. The minimum Gasteiger partial charge on any atom is -0.490 e. The maximum absolute atomic E-state index is 12.0. The van der Waals surface area contributed by atoms with Crippen LogP contribution in [0.5, 0.6) is 17.4 Å². The van der Waals surface area contributed by atoms with Gasteiger partial charge in [0.1, 0.15) is 11.5 Å². The van der Waals surface area contributed by atoms with Crippen LogP contribution in [-0.2, 0) is 9.59 Å². The summed E-state index contributed by atoms with van der Waals surface area (Å²) >= 11 is 0. The number of Topliss-reactive ketones (excluding diaryl/α,β-unsaturated/α-hetero) is 1. The highest BCUT2D eigenvalue weighted by atomic mass is 16.5. The Balaban J connectivity index is 1.25. The Kier molecular flexibility index (Phi) is 7.20. The molecule has 3 aromatic rings. The molecule has 2 fully saturated rings. The summed E-state index contributed by atoms with van der Waals surface area (Å²) < 4.78 is 11.3. The minimum atomic E-state index is -0.319. The number of amides is 1. The number of carbonyl (C=O) groups is 2. The highest BCUT2D eigenvalue weighted by molar-refractivity contribution is 5.98. The molecule has 0 saturated carbocycles. The van der Waals surface area contributed by atoms with Gasteiger partial charge in [0.2, 0.25) is 11.9 Å². The van der Waals surface area contributed by atoms with Crippen LogP contribution in [0.2, 0.25) is 0 Å². The van der Waals surface area contributed by atoms with Gasteiger partial charge in [0, 0.05) is 29.7 Å². The van der Waals surface area contributed by atoms with Gasteiger partial charge in [-0.2, -0.15) is 4.98 Å². The molecule has 1 amide bonds. The Morgan fingerprint density at radius 3 is 2.63 bits per heavy atom. The number of nitrogens with zero attached hydrogens (tertiary/aromatic N) is 4. The van der Waals surface area contributed by atoms with E-state index in [4.69, 9.17) is 9.47 Å². The van der Waals surface area contributed by atoms with Crippen molar-refractivity contribution in [3.8, 4) is 17.4 Å². The maximum atomic E-state index is 12.0. The van der Waals surface area contributed by atoms with Crippen LogP contribution in [0.1, 0.15) is 13.3 Å². The monoisotopic (exact) mass is 515 g/mol. The highest BCUT2D eigenvalue weighted by Crippen LogP contribution is 2.33. The summed E-state index contributed by atoms with van der Waals surface area (Å²) in [4.78, 5) is 34.6. The third-order valence-electron chi connectivity index (χ3n) is 6.48. The largest absolute Gasteiger partial charge is 0.490 e. The Hall–Kier alpha value is -4.48. The number of carbonyl (C=O) groups excluding carboxylic acids is 2. The molecule has 0 radical (unpaired) electrons. The summed E-state index contributed by atoms with van der Waals surface area (Å²) in [6.07, 6.45) is 3.69. The molecule has 38 heavy (non-hydrogen) atoms. The van der Waals surface area contributed by atoms with Crippen molar-refractivity contribution in [1.82, 2.24) is 19.9 Å². The fourth-order valence-corrected chi connectivity index (χ4v) is 4.76. The van der Waals surface area contributed by atoms with Crippen LogP contribution in [-0.4, -0.2) is 64.0 Å². The van der Waals surface area contributed by atoms with Crippen molar-refractivity contribution >= 4 is 34.7 Å². The van der Waals surface area contributed by atoms with Gasteiger partial charge >= 0.3 is 0 Å². The molecule has 2 bridgehead atoms. The molecule has 11 heteroatoms. The average Bonchev–Trinajstić information content (AvgIpc) is 3.48. The Morgan fingerprint density at radius 1 is 1.13 bits per heavy atom. The molecule has 2 aromatic carbocycles. The zero-order valence-corrected chi connectivity index (χ0v) is 21.2. The summed E-state index contributed by atoms with van der Waals surface area (Å²) in [5, 5.41) is 8.00. The summed E-state index contributed by atoms with van der Waals surface area (Å²) in [5.74, 6) is 1.26. The third kappa shape index (κ3) is 5.43. The summed E-state index contributed by atoms with van der Waals surface area (Å²) in [6.45, 7) is 6.80. The van der Waals surface area contributed by atoms with Crippen LogP contribution >= 0.6 is 0 Å². The van der Waals surface area contributed by atoms with Crippen LogP contribution in [0.3, 0.4) is 0 Å². The lowest BCUT2D eigenvalue weighted by Gasteiger charge is -2.28. The molecule has 0 spiro atoms. The van der Waals surface area contributed by atoms with Gasteiger partial charge in [-0.3, -0.25) is 14.5 Å². The summed E-state index contributed by atoms with van der Waals surface area (Å²) in [6, 6.07) is 14.8. The number of ether oxygens (including phenoxy) is 2. The predicted molar refractivity (Wildman–Crippen MR) is 144 cm³/mol. The number of hydrogen-bond donors (Lipinski definition) is 3. The summed E-state index contributed by atoms with van der Waals surface area (Å²) in [5.41, 5.74) is 5.70. The first-order valence-electron chi connectivity index (χ1n) is 12.2. The van der Waals surface area contributed by atoms with E-state index in [1.807, 2.05) is 24.3 Å². The second-order valence-electron chi connectivity index (χ2n) is 9.04. The van der Waals surface area contributed by atoms with E-state index >= 15 is 0 Å². The standard InChI is InChI=1S/C27H29N7O4/c1-4-24(36)29-20-6-5-7-21(14-20)38-26-23(37-3)15-28-27(31-26)30-18-8-10-19(11-9-18)32-34-16-33-13-12-22(34)25(33)17(2)35/h4-11,14-15,22,25,32H,1,12-13,16H2,2-3H3,(H,29,36)(H,28,30,31)/t22-,25+/m1/s1. The lowest BCUT2D eigenvalue weighted by atomic mass is 10.1. The van der Waals surface area contributed by atoms with Crippen LogP contribution in [0, 0.1) is 0 Å². The molecule has 2 aliphatic heterocycles. The molecule has 3 N–H and O–H groups in total. The van der Waals surface area contributed by atoms with Gasteiger partial charge in [-0.15, -0.1) is 0 Å². The Bertz CT molecular complexity index is 1350. The average molecular weight is 516 g/mol. The van der Waals surface area contributed by atoms with Crippen molar-refractivity contribution in [3.63, 3.8) is 0 Å². The number of nitrogens with one attached hydrogen (secondary N) is 3. The Labute approximate surface area is 220 Å². The predicted octanol–water partition coefficient (Wildman–Crippen LogP) is 3.78. The van der Waals surface area contributed by atoms with Crippen molar-refractivity contribution in [3.05, 3.63) is 67.4 Å². The second-order valence-corrected chi connectivity index (χ2v) is 9.04. The zero-order valence-electron chi connectivity index (χ0n) is 21.2. The van der Waals surface area contributed by atoms with E-state index in [0.717, 1.165) is 31.0 Å². The number of rotatable bonds is 10. The minimum absolute atomic E-state index is 0.0274. The molecule has 2 aliphatic rings. The maximum Gasteiger partial charge on any atom is 0.267 e. The molecule has 196 valence electrons. The van der Waals surface area contributed by atoms with Gasteiger partial charge in [-0.25, -0.2) is 9.99 Å². The molecule has 1 unspecified atom stereocenters. The number of anilines is 4. The molecular formula is C27H29N7O4. The van der Waals surface area contributed by atoms with Crippen LogP contribution < -0.4 is 25.5 Å². The fraction of sp³-hybridized carbons (Fsp3) is 0.259. The summed E-state index contributed by atoms with van der Waals surface area (Å²) in [7, 11) is 1.51. The number of methoxy groups -OCH3 is 1. The van der Waals surface area contributed by atoms with E-state index in [9.17, 15) is 9.59 Å². The van der Waals surface area contributed by atoms with E-state index in [2.05, 4.69) is 42.5 Å².